The minimum atomic E-state index is -0.293. The van der Waals surface area contributed by atoms with Crippen LogP contribution in [0.15, 0.2) is 16.7 Å². The molecule has 0 aliphatic carbocycles. The maximum Gasteiger partial charge on any atom is 0.166 e. The highest BCUT2D eigenvalue weighted by Crippen LogP contribution is 2.21. The summed E-state index contributed by atoms with van der Waals surface area (Å²) in [6.45, 7) is 4.78. The van der Waals surface area contributed by atoms with E-state index in [0.717, 1.165) is 11.9 Å². The fourth-order valence-corrected chi connectivity index (χ4v) is 2.00. The molecule has 0 amide bonds. The summed E-state index contributed by atoms with van der Waals surface area (Å²) in [5, 5.41) is 0.794. The van der Waals surface area contributed by atoms with Gasteiger partial charge in [0.1, 0.15) is 0 Å². The van der Waals surface area contributed by atoms with E-state index in [1.807, 2.05) is 18.7 Å². The predicted octanol–water partition coefficient (Wildman–Crippen LogP) is 3.59. The van der Waals surface area contributed by atoms with Gasteiger partial charge in [0.2, 0.25) is 0 Å². The Kier molecular flexibility index (Phi) is 4.99. The number of pyridine rings is 1. The van der Waals surface area contributed by atoms with Crippen LogP contribution < -0.4 is 4.90 Å². The second kappa shape index (κ2) is 5.80. The Hall–Kier alpha value is -0.160. The van der Waals surface area contributed by atoms with Crippen LogP contribution in [-0.4, -0.2) is 22.9 Å². The van der Waals surface area contributed by atoms with Crippen molar-refractivity contribution in [1.82, 2.24) is 4.98 Å². The molecule has 1 aromatic rings. The molecule has 1 aromatic heterocycles. The first-order chi connectivity index (χ1) is 7.06. The number of alkyl halides is 1. The normalized spacial score (nSPS) is 10.8. The van der Waals surface area contributed by atoms with Crippen LogP contribution in [0.1, 0.15) is 13.8 Å². The van der Waals surface area contributed by atoms with Gasteiger partial charge in [0, 0.05) is 28.6 Å². The molecule has 0 aromatic carbocycles. The molecule has 0 aliphatic heterocycles. The van der Waals surface area contributed by atoms with E-state index in [9.17, 15) is 4.39 Å². The van der Waals surface area contributed by atoms with Crippen LogP contribution in [0.5, 0.6) is 0 Å². The van der Waals surface area contributed by atoms with Gasteiger partial charge in [-0.05, 0) is 35.8 Å². The molecule has 5 heteroatoms. The molecule has 0 unspecified atom stereocenters. The third-order valence-electron chi connectivity index (χ3n) is 2.01. The second-order valence-corrected chi connectivity index (χ2v) is 5.14. The summed E-state index contributed by atoms with van der Waals surface area (Å²) < 4.78 is 14.3. The molecule has 0 bridgehead atoms. The molecule has 0 saturated heterocycles. The zero-order valence-corrected chi connectivity index (χ0v) is 11.8. The summed E-state index contributed by atoms with van der Waals surface area (Å²) in [5.41, 5.74) is 0. The van der Waals surface area contributed by atoms with E-state index in [4.69, 9.17) is 0 Å². The van der Waals surface area contributed by atoms with E-state index < -0.39 is 0 Å². The average Bonchev–Trinajstić information content (AvgIpc) is 2.15. The smallest absolute Gasteiger partial charge is 0.166 e. The Morgan fingerprint density at radius 3 is 2.67 bits per heavy atom. The molecule has 0 aliphatic rings. The van der Waals surface area contributed by atoms with Crippen molar-refractivity contribution in [3.8, 4) is 0 Å². The number of anilines is 1. The Bertz CT molecular complexity index is 331. The van der Waals surface area contributed by atoms with Crippen LogP contribution in [0.2, 0.25) is 0 Å². The molecular formula is C10H13Br2FN2. The Morgan fingerprint density at radius 2 is 2.20 bits per heavy atom. The molecule has 0 spiro atoms. The first-order valence-electron chi connectivity index (χ1n) is 4.70. The average molecular weight is 340 g/mol. The third kappa shape index (κ3) is 3.41. The topological polar surface area (TPSA) is 16.1 Å². The lowest BCUT2D eigenvalue weighted by atomic mass is 10.3. The maximum absolute atomic E-state index is 13.6. The van der Waals surface area contributed by atoms with Crippen LogP contribution in [0, 0.1) is 5.82 Å². The molecule has 1 heterocycles. The summed E-state index contributed by atoms with van der Waals surface area (Å²) in [6.07, 6.45) is 1.61. The molecule has 84 valence electrons. The molecule has 0 radical (unpaired) electrons. The fraction of sp³-hybridized carbons (Fsp3) is 0.500. The Morgan fingerprint density at radius 1 is 1.53 bits per heavy atom. The predicted molar refractivity (Wildman–Crippen MR) is 68.2 cm³/mol. The maximum atomic E-state index is 13.6. The van der Waals surface area contributed by atoms with Gasteiger partial charge in [0.05, 0.1) is 0 Å². The van der Waals surface area contributed by atoms with Crippen LogP contribution in [0.25, 0.3) is 0 Å². The van der Waals surface area contributed by atoms with Crippen LogP contribution in [0.4, 0.5) is 10.2 Å². The first-order valence-corrected chi connectivity index (χ1v) is 6.61. The zero-order valence-electron chi connectivity index (χ0n) is 8.67. The van der Waals surface area contributed by atoms with Gasteiger partial charge in [-0.3, -0.25) is 0 Å². The van der Waals surface area contributed by atoms with Crippen molar-refractivity contribution in [1.29, 1.82) is 0 Å². The number of rotatable bonds is 4. The highest BCUT2D eigenvalue weighted by atomic mass is 79.9. The van der Waals surface area contributed by atoms with Gasteiger partial charge >= 0.3 is 0 Å². The minimum absolute atomic E-state index is 0.228. The molecular weight excluding hydrogens is 327 g/mol. The van der Waals surface area contributed by atoms with Crippen molar-refractivity contribution in [3.05, 3.63) is 22.6 Å². The molecule has 0 N–H and O–H groups in total. The van der Waals surface area contributed by atoms with E-state index in [-0.39, 0.29) is 11.9 Å². The van der Waals surface area contributed by atoms with Gasteiger partial charge in [-0.25, -0.2) is 9.37 Å². The quantitative estimate of drug-likeness (QED) is 0.779. The molecule has 15 heavy (non-hydrogen) atoms. The zero-order chi connectivity index (χ0) is 11.4. The first kappa shape index (κ1) is 12.9. The SMILES string of the molecule is CC(C)N(CCBr)c1ncc(Br)cc1F. The minimum Gasteiger partial charge on any atom is -0.351 e. The summed E-state index contributed by atoms with van der Waals surface area (Å²) in [7, 11) is 0. The highest BCUT2D eigenvalue weighted by molar-refractivity contribution is 9.10. The largest absolute Gasteiger partial charge is 0.351 e. The van der Waals surface area contributed by atoms with Gasteiger partial charge in [-0.1, -0.05) is 15.9 Å². The van der Waals surface area contributed by atoms with Crippen molar-refractivity contribution in [2.45, 2.75) is 19.9 Å². The van der Waals surface area contributed by atoms with Gasteiger partial charge in [-0.15, -0.1) is 0 Å². The van der Waals surface area contributed by atoms with E-state index >= 15 is 0 Å². The van der Waals surface area contributed by atoms with E-state index in [2.05, 4.69) is 36.8 Å². The van der Waals surface area contributed by atoms with Gasteiger partial charge in [-0.2, -0.15) is 0 Å². The van der Waals surface area contributed by atoms with Gasteiger partial charge in [0.15, 0.2) is 11.6 Å². The Balaban J connectivity index is 3.00. The lowest BCUT2D eigenvalue weighted by Gasteiger charge is -2.27. The molecule has 0 saturated carbocycles. The van der Waals surface area contributed by atoms with E-state index in [1.165, 1.54) is 6.07 Å². The van der Waals surface area contributed by atoms with Crippen molar-refractivity contribution < 1.29 is 4.39 Å². The molecule has 1 rings (SSSR count). The van der Waals surface area contributed by atoms with Crippen molar-refractivity contribution in [2.75, 3.05) is 16.8 Å². The van der Waals surface area contributed by atoms with Gasteiger partial charge in [0.25, 0.3) is 0 Å². The van der Waals surface area contributed by atoms with E-state index in [0.29, 0.717) is 10.3 Å². The van der Waals surface area contributed by atoms with Gasteiger partial charge < -0.3 is 4.90 Å². The molecule has 0 fully saturated rings. The number of halogens is 3. The van der Waals surface area contributed by atoms with Crippen LogP contribution in [-0.2, 0) is 0 Å². The van der Waals surface area contributed by atoms with Crippen molar-refractivity contribution in [3.63, 3.8) is 0 Å². The summed E-state index contributed by atoms with van der Waals surface area (Å²) in [5.74, 6) is 0.117. The monoisotopic (exact) mass is 338 g/mol. The van der Waals surface area contributed by atoms with Crippen molar-refractivity contribution >= 4 is 37.7 Å². The third-order valence-corrected chi connectivity index (χ3v) is 2.80. The van der Waals surface area contributed by atoms with E-state index in [1.54, 1.807) is 6.20 Å². The van der Waals surface area contributed by atoms with Crippen molar-refractivity contribution in [2.24, 2.45) is 0 Å². The summed E-state index contributed by atoms with van der Waals surface area (Å²) >= 11 is 6.54. The lowest BCUT2D eigenvalue weighted by Crippen LogP contribution is -2.33. The number of nitrogens with zero attached hydrogens (tertiary/aromatic N) is 2. The summed E-state index contributed by atoms with van der Waals surface area (Å²) in [4.78, 5) is 6.03. The number of hydrogen-bond donors (Lipinski definition) is 0. The Labute approximate surface area is 106 Å². The second-order valence-electron chi connectivity index (χ2n) is 3.44. The summed E-state index contributed by atoms with van der Waals surface area (Å²) in [6, 6.07) is 1.66. The van der Waals surface area contributed by atoms with Crippen LogP contribution in [0.3, 0.4) is 0 Å². The highest BCUT2D eigenvalue weighted by Gasteiger charge is 2.15. The fourth-order valence-electron chi connectivity index (χ4n) is 1.32. The standard InChI is InChI=1S/C10H13Br2FN2/c1-7(2)15(4-3-11)10-9(13)5-8(12)6-14-10/h5-7H,3-4H2,1-2H3. The number of hydrogen-bond acceptors (Lipinski definition) is 2. The molecule has 0 atom stereocenters. The molecule has 2 nitrogen and oxygen atoms in total. The number of aromatic nitrogens is 1. The van der Waals surface area contributed by atoms with Crippen LogP contribution >= 0.6 is 31.9 Å². The lowest BCUT2D eigenvalue weighted by molar-refractivity contribution is 0.594.